The van der Waals surface area contributed by atoms with E-state index in [0.717, 1.165) is 23.8 Å². The molecule has 0 aromatic carbocycles. The lowest BCUT2D eigenvalue weighted by Crippen LogP contribution is -2.30. The normalized spacial score (nSPS) is 46.7. The van der Waals surface area contributed by atoms with Gasteiger partial charge >= 0.3 is 0 Å². The second kappa shape index (κ2) is 3.27. The molecule has 4 rings (SSSR count). The van der Waals surface area contributed by atoms with Gasteiger partial charge in [0.1, 0.15) is 0 Å². The van der Waals surface area contributed by atoms with Crippen LogP contribution in [0.2, 0.25) is 0 Å². The highest BCUT2D eigenvalue weighted by Gasteiger charge is 2.39. The highest BCUT2D eigenvalue weighted by molar-refractivity contribution is 5.85. The van der Waals surface area contributed by atoms with Gasteiger partial charge in [0.05, 0.1) is 6.04 Å². The first-order chi connectivity index (χ1) is 5.81. The van der Waals surface area contributed by atoms with Crippen LogP contribution in [0.4, 0.5) is 0 Å². The Morgan fingerprint density at radius 3 is 2.23 bits per heavy atom. The molecule has 2 aliphatic heterocycles. The van der Waals surface area contributed by atoms with E-state index in [1.807, 2.05) is 0 Å². The number of hydrogen-bond acceptors (Lipinski definition) is 1. The maximum absolute atomic E-state index is 4.84. The highest BCUT2D eigenvalue weighted by Crippen LogP contribution is 2.46. The Morgan fingerprint density at radius 2 is 1.62 bits per heavy atom. The smallest absolute Gasteiger partial charge is 0.0504 e. The minimum Gasteiger partial charge on any atom is -0.291 e. The fourth-order valence-corrected chi connectivity index (χ4v) is 3.66. The van der Waals surface area contributed by atoms with Crippen molar-refractivity contribution in [2.45, 2.75) is 45.1 Å². The van der Waals surface area contributed by atoms with E-state index in [2.05, 4.69) is 6.92 Å². The Morgan fingerprint density at radius 1 is 1.00 bits per heavy atom. The molecule has 0 N–H and O–H groups in total. The molecule has 1 nitrogen and oxygen atoms in total. The van der Waals surface area contributed by atoms with E-state index in [1.54, 1.807) is 0 Å². The van der Waals surface area contributed by atoms with E-state index in [1.165, 1.54) is 37.8 Å². The summed E-state index contributed by atoms with van der Waals surface area (Å²) in [5, 5.41) is 0. The molecule has 2 saturated carbocycles. The summed E-state index contributed by atoms with van der Waals surface area (Å²) in [7, 11) is 0. The third-order valence-electron chi connectivity index (χ3n) is 4.09. The van der Waals surface area contributed by atoms with Crippen molar-refractivity contribution in [1.29, 1.82) is 0 Å². The zero-order valence-electron chi connectivity index (χ0n) is 8.20. The van der Waals surface area contributed by atoms with Crippen LogP contribution >= 0.6 is 12.4 Å². The Bertz CT molecular complexity index is 222. The average molecular weight is 200 g/mol. The van der Waals surface area contributed by atoms with Crippen molar-refractivity contribution in [3.8, 4) is 0 Å². The van der Waals surface area contributed by atoms with Crippen LogP contribution in [0.5, 0.6) is 0 Å². The monoisotopic (exact) mass is 199 g/mol. The van der Waals surface area contributed by atoms with Crippen LogP contribution < -0.4 is 0 Å². The molecule has 0 amide bonds. The summed E-state index contributed by atoms with van der Waals surface area (Å²) in [4.78, 5) is 4.84. The van der Waals surface area contributed by atoms with Gasteiger partial charge in [-0.2, -0.15) is 0 Å². The number of rotatable bonds is 0. The van der Waals surface area contributed by atoms with Crippen LogP contribution in [0.1, 0.15) is 39.0 Å². The molecule has 0 aromatic rings. The summed E-state index contributed by atoms with van der Waals surface area (Å²) in [6.07, 6.45) is 7.26. The van der Waals surface area contributed by atoms with Gasteiger partial charge in [0.2, 0.25) is 0 Å². The van der Waals surface area contributed by atoms with Gasteiger partial charge < -0.3 is 0 Å². The van der Waals surface area contributed by atoms with Gasteiger partial charge in [-0.3, -0.25) is 4.99 Å². The molecule has 4 bridgehead atoms. The van der Waals surface area contributed by atoms with Crippen molar-refractivity contribution in [2.75, 3.05) is 0 Å². The van der Waals surface area contributed by atoms with Crippen molar-refractivity contribution in [3.63, 3.8) is 0 Å². The van der Waals surface area contributed by atoms with Crippen molar-refractivity contribution >= 4 is 18.1 Å². The lowest BCUT2D eigenvalue weighted by Gasteiger charge is -2.37. The lowest BCUT2D eigenvalue weighted by atomic mass is 9.67. The third-order valence-corrected chi connectivity index (χ3v) is 4.09. The van der Waals surface area contributed by atoms with Crippen molar-refractivity contribution in [2.24, 2.45) is 22.7 Å². The molecular formula is C11H18ClN. The maximum Gasteiger partial charge on any atom is 0.0504 e. The zero-order valence-corrected chi connectivity index (χ0v) is 9.02. The molecule has 0 radical (unpaired) electrons. The van der Waals surface area contributed by atoms with Gasteiger partial charge in [0.15, 0.2) is 0 Å². The fraction of sp³-hybridized carbons (Fsp3) is 0.909. The summed E-state index contributed by atoms with van der Waals surface area (Å²) in [5.41, 5.74) is 1.48. The average Bonchev–Trinajstić information content (AvgIpc) is 2.16. The summed E-state index contributed by atoms with van der Waals surface area (Å²) in [5.74, 6) is 2.95. The molecule has 4 aliphatic rings. The standard InChI is InChI=1S/C11H17N.ClH/c1-7-10-3-8-2-9(4-10)6-11(5-8)12-7;/h8-11H,2-6H2,1H3;1H. The van der Waals surface area contributed by atoms with Gasteiger partial charge in [0.25, 0.3) is 0 Å². The van der Waals surface area contributed by atoms with E-state index in [0.29, 0.717) is 0 Å². The second-order valence-electron chi connectivity index (χ2n) is 5.03. The van der Waals surface area contributed by atoms with E-state index >= 15 is 0 Å². The van der Waals surface area contributed by atoms with Crippen molar-refractivity contribution in [1.82, 2.24) is 0 Å². The van der Waals surface area contributed by atoms with Crippen molar-refractivity contribution in [3.05, 3.63) is 0 Å². The van der Waals surface area contributed by atoms with Crippen LogP contribution in [-0.4, -0.2) is 11.8 Å². The minimum absolute atomic E-state index is 0. The van der Waals surface area contributed by atoms with Gasteiger partial charge in [-0.15, -0.1) is 12.4 Å². The Labute approximate surface area is 86.4 Å². The van der Waals surface area contributed by atoms with Crippen molar-refractivity contribution < 1.29 is 0 Å². The maximum atomic E-state index is 4.84. The lowest BCUT2D eigenvalue weighted by molar-refractivity contribution is 0.162. The molecule has 2 heterocycles. The summed E-state index contributed by atoms with van der Waals surface area (Å²) in [6, 6.07) is 0.723. The molecule has 2 heteroatoms. The number of hydrogen-bond donors (Lipinski definition) is 0. The molecule has 0 spiro atoms. The Balaban J connectivity index is 0.000000653. The van der Waals surface area contributed by atoms with Crippen LogP contribution in [-0.2, 0) is 0 Å². The minimum atomic E-state index is 0. The van der Waals surface area contributed by atoms with Gasteiger partial charge in [-0.25, -0.2) is 0 Å². The summed E-state index contributed by atoms with van der Waals surface area (Å²) in [6.45, 7) is 2.26. The van der Waals surface area contributed by atoms with Crippen LogP contribution in [0.3, 0.4) is 0 Å². The Hall–Kier alpha value is -0.0400. The van der Waals surface area contributed by atoms with E-state index < -0.39 is 0 Å². The third kappa shape index (κ3) is 1.52. The molecule has 2 aliphatic carbocycles. The molecule has 0 aromatic heterocycles. The van der Waals surface area contributed by atoms with Gasteiger partial charge in [0, 0.05) is 5.71 Å². The summed E-state index contributed by atoms with van der Waals surface area (Å²) < 4.78 is 0. The topological polar surface area (TPSA) is 12.4 Å². The summed E-state index contributed by atoms with van der Waals surface area (Å²) >= 11 is 0. The second-order valence-corrected chi connectivity index (χ2v) is 5.03. The zero-order chi connectivity index (χ0) is 8.13. The SMILES string of the molecule is CC1=NC2CC3CC(C2)CC1C3.Cl. The highest BCUT2D eigenvalue weighted by atomic mass is 35.5. The van der Waals surface area contributed by atoms with Crippen LogP contribution in [0.15, 0.2) is 4.99 Å². The number of nitrogens with zero attached hydrogens (tertiary/aromatic N) is 1. The van der Waals surface area contributed by atoms with E-state index in [4.69, 9.17) is 4.99 Å². The largest absolute Gasteiger partial charge is 0.291 e. The molecule has 13 heavy (non-hydrogen) atoms. The van der Waals surface area contributed by atoms with Crippen LogP contribution in [0.25, 0.3) is 0 Å². The predicted molar refractivity (Wildman–Crippen MR) is 57.7 cm³/mol. The Kier molecular flexibility index (Phi) is 2.39. The molecule has 2 atom stereocenters. The fourth-order valence-electron chi connectivity index (χ4n) is 3.66. The van der Waals surface area contributed by atoms with E-state index in [-0.39, 0.29) is 12.4 Å². The number of aliphatic imine (C=N–C) groups is 1. The van der Waals surface area contributed by atoms with Gasteiger partial charge in [-0.05, 0) is 56.8 Å². The first kappa shape index (κ1) is 9.51. The first-order valence-electron chi connectivity index (χ1n) is 5.35. The quantitative estimate of drug-likeness (QED) is 0.569. The number of halogens is 1. The first-order valence-corrected chi connectivity index (χ1v) is 5.35. The molecule has 0 saturated heterocycles. The predicted octanol–water partition coefficient (Wildman–Crippen LogP) is 3.08. The van der Waals surface area contributed by atoms with Crippen LogP contribution in [0, 0.1) is 17.8 Å². The molecular weight excluding hydrogens is 182 g/mol. The van der Waals surface area contributed by atoms with Gasteiger partial charge in [-0.1, -0.05) is 0 Å². The van der Waals surface area contributed by atoms with E-state index in [9.17, 15) is 0 Å². The molecule has 2 fully saturated rings. The molecule has 2 unspecified atom stereocenters. The molecule has 74 valence electrons.